The Morgan fingerprint density at radius 2 is 1.63 bits per heavy atom. The smallest absolute Gasteiger partial charge is 0.420 e. The summed E-state index contributed by atoms with van der Waals surface area (Å²) in [6.07, 6.45) is 2.17. The van der Waals surface area contributed by atoms with E-state index in [1.54, 1.807) is 19.2 Å². The van der Waals surface area contributed by atoms with Gasteiger partial charge in [-0.25, -0.2) is 9.59 Å². The highest BCUT2D eigenvalue weighted by atomic mass is 16.6. The molecule has 0 bridgehead atoms. The van der Waals surface area contributed by atoms with E-state index >= 15 is 0 Å². The fraction of sp³-hybridized carbons (Fsp3) is 0.568. The number of piperidine rings is 2. The standard InChI is InChI=1S/C37H49N5O7/c1-25-21-38(18-19-40(25)23-27-14-16-39(17-15-27)35(45)49-37(2,3)4)22-28-8-11-30-32(20-28)48-36(46)42(30)31-12-13-33(43)41(34(31)44)24-26-6-9-29(47-5)10-7-26/h6-11,20,25,27,31H,12-19,21-24H2,1-5H3/t25-,31?/m0/s1. The Kier molecular flexibility index (Phi) is 10.2. The molecule has 2 atom stereocenters. The lowest BCUT2D eigenvalue weighted by Gasteiger charge is -2.42. The zero-order valence-electron chi connectivity index (χ0n) is 29.4. The number of likely N-dealkylation sites (tertiary alicyclic amines) is 2. The number of benzene rings is 2. The molecule has 12 nitrogen and oxygen atoms in total. The number of piperazine rings is 1. The monoisotopic (exact) mass is 675 g/mol. The van der Waals surface area contributed by atoms with Gasteiger partial charge in [-0.15, -0.1) is 0 Å². The number of ether oxygens (including phenoxy) is 2. The van der Waals surface area contributed by atoms with Crippen molar-refractivity contribution in [2.24, 2.45) is 5.92 Å². The van der Waals surface area contributed by atoms with Gasteiger partial charge in [0.1, 0.15) is 17.4 Å². The Morgan fingerprint density at radius 1 is 0.918 bits per heavy atom. The summed E-state index contributed by atoms with van der Waals surface area (Å²) >= 11 is 0. The average Bonchev–Trinajstić information content (AvgIpc) is 3.38. The molecule has 49 heavy (non-hydrogen) atoms. The molecule has 2 aromatic carbocycles. The van der Waals surface area contributed by atoms with E-state index in [0.717, 1.165) is 69.8 Å². The topological polar surface area (TPSA) is 118 Å². The maximum absolute atomic E-state index is 13.6. The van der Waals surface area contributed by atoms with E-state index in [4.69, 9.17) is 13.9 Å². The number of nitrogens with zero attached hydrogens (tertiary/aromatic N) is 5. The van der Waals surface area contributed by atoms with Crippen LogP contribution in [0.2, 0.25) is 0 Å². The van der Waals surface area contributed by atoms with E-state index < -0.39 is 23.3 Å². The lowest BCUT2D eigenvalue weighted by Crippen LogP contribution is -2.53. The number of hydrogen-bond donors (Lipinski definition) is 0. The van der Waals surface area contributed by atoms with Crippen molar-refractivity contribution in [3.63, 3.8) is 0 Å². The predicted molar refractivity (Wildman–Crippen MR) is 184 cm³/mol. The number of carbonyl (C=O) groups is 3. The second kappa shape index (κ2) is 14.4. The molecule has 0 N–H and O–H groups in total. The zero-order valence-corrected chi connectivity index (χ0v) is 29.4. The van der Waals surface area contributed by atoms with Crippen LogP contribution in [0.5, 0.6) is 5.75 Å². The first-order valence-corrected chi connectivity index (χ1v) is 17.4. The third kappa shape index (κ3) is 8.02. The van der Waals surface area contributed by atoms with Crippen molar-refractivity contribution in [3.8, 4) is 5.75 Å². The molecule has 6 rings (SSSR count). The van der Waals surface area contributed by atoms with Crippen molar-refractivity contribution in [3.05, 3.63) is 64.1 Å². The van der Waals surface area contributed by atoms with E-state index in [9.17, 15) is 19.2 Å². The van der Waals surface area contributed by atoms with Gasteiger partial charge in [-0.3, -0.25) is 28.9 Å². The molecule has 3 fully saturated rings. The van der Waals surface area contributed by atoms with Crippen LogP contribution in [-0.2, 0) is 27.4 Å². The van der Waals surface area contributed by atoms with Gasteiger partial charge in [0.25, 0.3) is 5.91 Å². The molecule has 0 spiro atoms. The van der Waals surface area contributed by atoms with Crippen LogP contribution in [0.4, 0.5) is 4.79 Å². The first-order valence-electron chi connectivity index (χ1n) is 17.4. The molecule has 0 radical (unpaired) electrons. The number of methoxy groups -OCH3 is 1. The number of carbonyl (C=O) groups excluding carboxylic acids is 3. The summed E-state index contributed by atoms with van der Waals surface area (Å²) in [7, 11) is 1.58. The molecule has 4 heterocycles. The fourth-order valence-corrected chi connectivity index (χ4v) is 7.31. The van der Waals surface area contributed by atoms with Crippen molar-refractivity contribution < 1.29 is 28.3 Å². The van der Waals surface area contributed by atoms with E-state index in [2.05, 4.69) is 16.7 Å². The molecule has 0 aliphatic carbocycles. The number of imide groups is 1. The minimum atomic E-state index is -0.811. The van der Waals surface area contributed by atoms with Crippen LogP contribution in [-0.4, -0.2) is 100 Å². The molecule has 3 aliphatic heterocycles. The summed E-state index contributed by atoms with van der Waals surface area (Å²) in [5, 5.41) is 0. The number of aromatic nitrogens is 1. The second-order valence-electron chi connectivity index (χ2n) is 14.8. The van der Waals surface area contributed by atoms with Crippen molar-refractivity contribution in [1.29, 1.82) is 0 Å². The Bertz CT molecular complexity index is 1720. The van der Waals surface area contributed by atoms with Crippen LogP contribution in [0.1, 0.15) is 70.5 Å². The van der Waals surface area contributed by atoms with Crippen LogP contribution in [0.25, 0.3) is 11.1 Å². The summed E-state index contributed by atoms with van der Waals surface area (Å²) in [4.78, 5) is 60.1. The normalized spacial score (nSPS) is 21.8. The average molecular weight is 676 g/mol. The van der Waals surface area contributed by atoms with Gasteiger partial charge >= 0.3 is 11.8 Å². The first-order chi connectivity index (χ1) is 23.4. The predicted octanol–water partition coefficient (Wildman–Crippen LogP) is 4.65. The van der Waals surface area contributed by atoms with Gasteiger partial charge in [0, 0.05) is 58.3 Å². The Balaban J connectivity index is 1.04. The first kappa shape index (κ1) is 34.7. The number of fused-ring (bicyclic) bond motifs is 1. The van der Waals surface area contributed by atoms with E-state index in [-0.39, 0.29) is 31.4 Å². The maximum atomic E-state index is 13.6. The highest BCUT2D eigenvalue weighted by Gasteiger charge is 2.38. The van der Waals surface area contributed by atoms with Crippen LogP contribution >= 0.6 is 0 Å². The van der Waals surface area contributed by atoms with Crippen LogP contribution in [0, 0.1) is 5.92 Å². The zero-order chi connectivity index (χ0) is 34.9. The maximum Gasteiger partial charge on any atom is 0.420 e. The molecule has 3 saturated heterocycles. The SMILES string of the molecule is COc1ccc(CN2C(=O)CCC(n3c(=O)oc4cc(CN5CCN(CC6CCN(C(=O)OC(C)(C)C)CC6)[C@@H](C)C5)ccc43)C2=O)cc1. The van der Waals surface area contributed by atoms with Crippen LogP contribution in [0.15, 0.2) is 51.7 Å². The quantitative estimate of drug-likeness (QED) is 0.315. The minimum Gasteiger partial charge on any atom is -0.497 e. The van der Waals surface area contributed by atoms with E-state index in [1.165, 1.54) is 9.47 Å². The van der Waals surface area contributed by atoms with E-state index in [1.807, 2.05) is 56.0 Å². The van der Waals surface area contributed by atoms with Gasteiger partial charge in [0.05, 0.1) is 19.2 Å². The molecule has 264 valence electrons. The van der Waals surface area contributed by atoms with E-state index in [0.29, 0.717) is 28.8 Å². The summed E-state index contributed by atoms with van der Waals surface area (Å²) in [5.74, 6) is 0.00422. The number of oxazole rings is 1. The Morgan fingerprint density at radius 3 is 2.31 bits per heavy atom. The molecule has 3 aromatic rings. The fourth-order valence-electron chi connectivity index (χ4n) is 7.31. The molecule has 3 aliphatic rings. The second-order valence-corrected chi connectivity index (χ2v) is 14.8. The third-order valence-corrected chi connectivity index (χ3v) is 9.99. The van der Waals surface area contributed by atoms with Crippen molar-refractivity contribution in [1.82, 2.24) is 24.2 Å². The molecule has 1 unspecified atom stereocenters. The summed E-state index contributed by atoms with van der Waals surface area (Å²) in [6, 6.07) is 12.6. The van der Waals surface area contributed by atoms with Crippen molar-refractivity contribution in [2.45, 2.75) is 84.2 Å². The highest BCUT2D eigenvalue weighted by Crippen LogP contribution is 2.29. The Hall–Kier alpha value is -4.16. The van der Waals surface area contributed by atoms with Crippen LogP contribution in [0.3, 0.4) is 0 Å². The number of hydrogen-bond acceptors (Lipinski definition) is 9. The number of rotatable bonds is 8. The number of amides is 3. The Labute approximate surface area is 287 Å². The minimum absolute atomic E-state index is 0.131. The molecule has 1 aromatic heterocycles. The third-order valence-electron chi connectivity index (χ3n) is 9.99. The molecule has 0 saturated carbocycles. The van der Waals surface area contributed by atoms with Crippen molar-refractivity contribution >= 4 is 29.0 Å². The van der Waals surface area contributed by atoms with Gasteiger partial charge in [-0.05, 0) is 88.3 Å². The van der Waals surface area contributed by atoms with Crippen LogP contribution < -0.4 is 10.5 Å². The van der Waals surface area contributed by atoms with Crippen molar-refractivity contribution in [2.75, 3.05) is 46.4 Å². The molecular weight excluding hydrogens is 626 g/mol. The summed E-state index contributed by atoms with van der Waals surface area (Å²) in [6.45, 7) is 14.2. The van der Waals surface area contributed by atoms with Gasteiger partial charge in [-0.1, -0.05) is 18.2 Å². The van der Waals surface area contributed by atoms with Gasteiger partial charge in [0.15, 0.2) is 5.58 Å². The molecular formula is C37H49N5O7. The lowest BCUT2D eigenvalue weighted by atomic mass is 9.95. The molecule has 3 amide bonds. The lowest BCUT2D eigenvalue weighted by molar-refractivity contribution is -0.151. The van der Waals surface area contributed by atoms with Gasteiger partial charge in [-0.2, -0.15) is 0 Å². The molecule has 12 heteroatoms. The summed E-state index contributed by atoms with van der Waals surface area (Å²) in [5.41, 5.74) is 2.36. The largest absolute Gasteiger partial charge is 0.497 e. The van der Waals surface area contributed by atoms with Gasteiger partial charge in [0.2, 0.25) is 5.91 Å². The van der Waals surface area contributed by atoms with Gasteiger partial charge < -0.3 is 18.8 Å². The highest BCUT2D eigenvalue weighted by molar-refractivity contribution is 6.00. The summed E-state index contributed by atoms with van der Waals surface area (Å²) < 4.78 is 17.9.